The lowest BCUT2D eigenvalue weighted by atomic mass is 10.1. The van der Waals surface area contributed by atoms with E-state index in [2.05, 4.69) is 49.6 Å². The Morgan fingerprint density at radius 3 is 1.56 bits per heavy atom. The Labute approximate surface area is 255 Å². The molecule has 0 fully saturated rings. The normalized spacial score (nSPS) is 12.0. The van der Waals surface area contributed by atoms with E-state index in [0.29, 0.717) is 0 Å². The molecule has 0 saturated carbocycles. The summed E-state index contributed by atoms with van der Waals surface area (Å²) in [5, 5.41) is 0. The lowest BCUT2D eigenvalue weighted by molar-refractivity contribution is 0.302. The second-order valence-electron chi connectivity index (χ2n) is 14.0. The van der Waals surface area contributed by atoms with Crippen LogP contribution in [-0.2, 0) is 0 Å². The van der Waals surface area contributed by atoms with Gasteiger partial charge in [0.25, 0.3) is 0 Å². The molecule has 0 aliphatic heterocycles. The highest BCUT2D eigenvalue weighted by molar-refractivity contribution is 6.82. The predicted octanol–water partition coefficient (Wildman–Crippen LogP) is 11.4. The number of benzene rings is 1. The van der Waals surface area contributed by atoms with Crippen LogP contribution in [0.4, 0.5) is 0 Å². The molecule has 0 saturated heterocycles. The van der Waals surface area contributed by atoms with Gasteiger partial charge in [0.15, 0.2) is 11.6 Å². The van der Waals surface area contributed by atoms with Crippen LogP contribution in [0.15, 0.2) is 36.7 Å². The number of hydrogen-bond donors (Lipinski definition) is 0. The molecule has 1 heterocycles. The molecule has 4 nitrogen and oxygen atoms in total. The highest BCUT2D eigenvalue weighted by Gasteiger charge is 2.23. The molecule has 1 aromatic heterocycles. The van der Waals surface area contributed by atoms with Crippen molar-refractivity contribution in [2.75, 3.05) is 13.2 Å². The van der Waals surface area contributed by atoms with Gasteiger partial charge in [0.2, 0.25) is 0 Å². The predicted molar refractivity (Wildman–Crippen MR) is 184 cm³/mol. The summed E-state index contributed by atoms with van der Waals surface area (Å²) in [6.07, 6.45) is 21.9. The summed E-state index contributed by atoms with van der Waals surface area (Å²) in [6.45, 7) is 16.5. The average molecular weight is 599 g/mol. The van der Waals surface area contributed by atoms with Crippen LogP contribution in [0.25, 0.3) is 11.4 Å². The van der Waals surface area contributed by atoms with Crippen LogP contribution >= 0.6 is 0 Å². The van der Waals surface area contributed by atoms with E-state index in [-0.39, 0.29) is 0 Å². The minimum absolute atomic E-state index is 0.721. The fourth-order valence-electron chi connectivity index (χ4n) is 5.11. The van der Waals surface area contributed by atoms with Crippen LogP contribution in [-0.4, -0.2) is 39.3 Å². The molecule has 0 unspecified atom stereocenters. The van der Waals surface area contributed by atoms with Crippen LogP contribution in [0.5, 0.6) is 11.5 Å². The van der Waals surface area contributed by atoms with Crippen molar-refractivity contribution in [3.63, 3.8) is 0 Å². The molecule has 2 aromatic rings. The van der Waals surface area contributed by atoms with Crippen molar-refractivity contribution < 1.29 is 9.47 Å². The zero-order chi connectivity index (χ0) is 29.8. The van der Waals surface area contributed by atoms with E-state index in [0.717, 1.165) is 48.9 Å². The highest BCUT2D eigenvalue weighted by atomic mass is 28.3. The van der Waals surface area contributed by atoms with Gasteiger partial charge in [-0.2, -0.15) is 0 Å². The van der Waals surface area contributed by atoms with Gasteiger partial charge in [-0.3, -0.25) is 0 Å². The Bertz CT molecular complexity index is 911. The van der Waals surface area contributed by atoms with Crippen LogP contribution in [0.2, 0.25) is 50.9 Å². The molecule has 41 heavy (non-hydrogen) atoms. The van der Waals surface area contributed by atoms with Gasteiger partial charge in [-0.1, -0.05) is 135 Å². The van der Waals surface area contributed by atoms with Crippen molar-refractivity contribution in [2.45, 2.75) is 148 Å². The first-order valence-corrected chi connectivity index (χ1v) is 24.0. The summed E-state index contributed by atoms with van der Waals surface area (Å²) in [7, 11) is -1.86. The SMILES string of the molecule is CCCCCCCCCCOc1ccc(-c2ncc(OCCCCCCCC[Si](C)(C)CC[Si](C)(C)C)cn2)cc1. The minimum Gasteiger partial charge on any atom is -0.494 e. The molecule has 2 rings (SSSR count). The van der Waals surface area contributed by atoms with Crippen LogP contribution in [0, 0.1) is 0 Å². The van der Waals surface area contributed by atoms with Gasteiger partial charge in [0, 0.05) is 21.7 Å². The summed E-state index contributed by atoms with van der Waals surface area (Å²) in [5.41, 5.74) is 0.998. The van der Waals surface area contributed by atoms with Crippen molar-refractivity contribution in [1.29, 1.82) is 0 Å². The van der Waals surface area contributed by atoms with Crippen molar-refractivity contribution in [3.8, 4) is 22.9 Å². The van der Waals surface area contributed by atoms with Crippen molar-refractivity contribution in [1.82, 2.24) is 9.97 Å². The first-order valence-electron chi connectivity index (χ1n) is 16.9. The standard InChI is InChI=1S/C35H62N2O2Si2/c1-7-8-9-10-11-12-15-18-25-38-33-23-21-32(22-24-33)35-36-30-34(31-37-35)39-26-19-16-13-14-17-20-27-41(5,6)29-28-40(2,3)4/h21-24,30-31H,7-20,25-29H2,1-6H3. The highest BCUT2D eigenvalue weighted by Crippen LogP contribution is 2.26. The average Bonchev–Trinajstić information content (AvgIpc) is 2.95. The molecule has 0 amide bonds. The maximum Gasteiger partial charge on any atom is 0.159 e. The molecule has 0 aliphatic carbocycles. The lowest BCUT2D eigenvalue weighted by Gasteiger charge is -2.26. The van der Waals surface area contributed by atoms with Gasteiger partial charge in [0.1, 0.15) is 5.75 Å². The quantitative estimate of drug-likeness (QED) is 0.0890. The number of ether oxygens (including phenoxy) is 2. The number of nitrogens with zero attached hydrogens (tertiary/aromatic N) is 2. The van der Waals surface area contributed by atoms with E-state index in [1.807, 2.05) is 24.3 Å². The molecule has 6 heteroatoms. The molecule has 0 bridgehead atoms. The van der Waals surface area contributed by atoms with Crippen molar-refractivity contribution in [2.24, 2.45) is 0 Å². The van der Waals surface area contributed by atoms with E-state index >= 15 is 0 Å². The maximum absolute atomic E-state index is 5.93. The summed E-state index contributed by atoms with van der Waals surface area (Å²) in [4.78, 5) is 9.05. The number of hydrogen-bond acceptors (Lipinski definition) is 4. The van der Waals surface area contributed by atoms with Crippen molar-refractivity contribution in [3.05, 3.63) is 36.7 Å². The Hall–Kier alpha value is -1.67. The van der Waals surface area contributed by atoms with E-state index < -0.39 is 16.1 Å². The van der Waals surface area contributed by atoms with Gasteiger partial charge < -0.3 is 9.47 Å². The third kappa shape index (κ3) is 17.8. The van der Waals surface area contributed by atoms with E-state index in [1.165, 1.54) is 95.2 Å². The molecule has 0 radical (unpaired) electrons. The molecule has 232 valence electrons. The Morgan fingerprint density at radius 1 is 0.537 bits per heavy atom. The number of unbranched alkanes of at least 4 members (excludes halogenated alkanes) is 12. The molecular formula is C35H62N2O2Si2. The fourth-order valence-corrected chi connectivity index (χ4v) is 12.3. The third-order valence-corrected chi connectivity index (χ3v) is 13.6. The monoisotopic (exact) mass is 598 g/mol. The van der Waals surface area contributed by atoms with Gasteiger partial charge in [-0.25, -0.2) is 9.97 Å². The largest absolute Gasteiger partial charge is 0.494 e. The Balaban J connectivity index is 1.52. The van der Waals surface area contributed by atoms with E-state index in [9.17, 15) is 0 Å². The Morgan fingerprint density at radius 2 is 1.02 bits per heavy atom. The van der Waals surface area contributed by atoms with Crippen LogP contribution in [0.1, 0.15) is 96.8 Å². The van der Waals surface area contributed by atoms with Gasteiger partial charge in [-0.05, 0) is 37.1 Å². The second-order valence-corrected chi connectivity index (χ2v) is 25.0. The Kier molecular flexibility index (Phi) is 17.6. The summed E-state index contributed by atoms with van der Waals surface area (Å²) >= 11 is 0. The number of rotatable bonds is 24. The van der Waals surface area contributed by atoms with E-state index in [1.54, 1.807) is 12.4 Å². The zero-order valence-electron chi connectivity index (χ0n) is 27.6. The lowest BCUT2D eigenvalue weighted by Crippen LogP contribution is -2.30. The third-order valence-electron chi connectivity index (χ3n) is 8.08. The van der Waals surface area contributed by atoms with Crippen molar-refractivity contribution >= 4 is 16.1 Å². The maximum atomic E-state index is 5.93. The van der Waals surface area contributed by atoms with Gasteiger partial charge >= 0.3 is 0 Å². The summed E-state index contributed by atoms with van der Waals surface area (Å²) in [6, 6.07) is 12.7. The molecule has 0 atom stereocenters. The molecular weight excluding hydrogens is 537 g/mol. The molecule has 0 aliphatic rings. The topological polar surface area (TPSA) is 44.2 Å². The van der Waals surface area contributed by atoms with Crippen LogP contribution < -0.4 is 9.47 Å². The van der Waals surface area contributed by atoms with Crippen LogP contribution in [0.3, 0.4) is 0 Å². The molecule has 0 N–H and O–H groups in total. The first kappa shape index (κ1) is 35.5. The summed E-state index contributed by atoms with van der Waals surface area (Å²) < 4.78 is 11.8. The number of aromatic nitrogens is 2. The molecule has 0 spiro atoms. The van der Waals surface area contributed by atoms with Gasteiger partial charge in [0.05, 0.1) is 25.6 Å². The van der Waals surface area contributed by atoms with E-state index in [4.69, 9.17) is 9.47 Å². The zero-order valence-corrected chi connectivity index (χ0v) is 29.6. The minimum atomic E-state index is -0.976. The molecule has 1 aromatic carbocycles. The first-order chi connectivity index (χ1) is 19.7. The summed E-state index contributed by atoms with van der Waals surface area (Å²) in [5.74, 6) is 2.39. The second kappa shape index (κ2) is 20.3. The van der Waals surface area contributed by atoms with Gasteiger partial charge in [-0.15, -0.1) is 0 Å². The fraction of sp³-hybridized carbons (Fsp3) is 0.714. The smallest absolute Gasteiger partial charge is 0.159 e.